The molecule has 0 bridgehead atoms. The highest BCUT2D eigenvalue weighted by Crippen LogP contribution is 2.26. The van der Waals surface area contributed by atoms with Gasteiger partial charge in [0, 0.05) is 29.7 Å². The first-order valence-corrected chi connectivity index (χ1v) is 7.22. The van der Waals surface area contributed by atoms with E-state index in [0.717, 1.165) is 16.8 Å². The first kappa shape index (κ1) is 13.6. The predicted octanol–water partition coefficient (Wildman–Crippen LogP) is 4.37. The van der Waals surface area contributed by atoms with Crippen molar-refractivity contribution < 1.29 is 0 Å². The van der Waals surface area contributed by atoms with Crippen molar-refractivity contribution in [3.63, 3.8) is 0 Å². The predicted molar refractivity (Wildman–Crippen MR) is 85.6 cm³/mol. The number of hydrogen-bond donors (Lipinski definition) is 0. The molecule has 0 amide bonds. The van der Waals surface area contributed by atoms with E-state index in [9.17, 15) is 0 Å². The van der Waals surface area contributed by atoms with Crippen LogP contribution < -0.4 is 0 Å². The molecule has 0 aliphatic heterocycles. The van der Waals surface area contributed by atoms with Crippen molar-refractivity contribution in [2.24, 2.45) is 0 Å². The van der Waals surface area contributed by atoms with Crippen molar-refractivity contribution >= 4 is 0 Å². The SMILES string of the molecule is Cc1ccncc1-c1cnn(-c2ccccc2C(C)C)c1. The zero-order chi connectivity index (χ0) is 14.8. The number of pyridine rings is 1. The lowest BCUT2D eigenvalue weighted by molar-refractivity contribution is 0.809. The Hall–Kier alpha value is -2.42. The third kappa shape index (κ3) is 2.59. The summed E-state index contributed by atoms with van der Waals surface area (Å²) in [6.45, 7) is 6.50. The van der Waals surface area contributed by atoms with Crippen LogP contribution in [-0.2, 0) is 0 Å². The maximum atomic E-state index is 4.54. The summed E-state index contributed by atoms with van der Waals surface area (Å²) >= 11 is 0. The quantitative estimate of drug-likeness (QED) is 0.712. The molecule has 0 spiro atoms. The van der Waals surface area contributed by atoms with Crippen LogP contribution in [0, 0.1) is 6.92 Å². The zero-order valence-corrected chi connectivity index (χ0v) is 12.6. The Balaban J connectivity index is 2.06. The second-order valence-electron chi connectivity index (χ2n) is 5.58. The minimum atomic E-state index is 0.467. The van der Waals surface area contributed by atoms with Crippen molar-refractivity contribution in [1.82, 2.24) is 14.8 Å². The average molecular weight is 277 g/mol. The molecular formula is C18H19N3. The van der Waals surface area contributed by atoms with Gasteiger partial charge in [0.2, 0.25) is 0 Å². The molecule has 0 atom stereocenters. The first-order valence-electron chi connectivity index (χ1n) is 7.22. The molecule has 3 heteroatoms. The van der Waals surface area contributed by atoms with E-state index in [4.69, 9.17) is 0 Å². The van der Waals surface area contributed by atoms with Crippen LogP contribution in [0.5, 0.6) is 0 Å². The van der Waals surface area contributed by atoms with Crippen LogP contribution in [0.2, 0.25) is 0 Å². The molecule has 3 nitrogen and oxygen atoms in total. The van der Waals surface area contributed by atoms with Crippen LogP contribution in [0.4, 0.5) is 0 Å². The summed E-state index contributed by atoms with van der Waals surface area (Å²) in [5, 5.41) is 4.54. The number of nitrogens with zero attached hydrogens (tertiary/aromatic N) is 3. The number of rotatable bonds is 3. The molecule has 0 N–H and O–H groups in total. The van der Waals surface area contributed by atoms with E-state index in [-0.39, 0.29) is 0 Å². The fourth-order valence-corrected chi connectivity index (χ4v) is 2.54. The van der Waals surface area contributed by atoms with Gasteiger partial charge in [0.1, 0.15) is 0 Å². The molecule has 0 aliphatic carbocycles. The molecule has 0 unspecified atom stereocenters. The monoisotopic (exact) mass is 277 g/mol. The maximum Gasteiger partial charge on any atom is 0.0680 e. The molecule has 0 fully saturated rings. The Kier molecular flexibility index (Phi) is 3.57. The lowest BCUT2D eigenvalue weighted by Crippen LogP contribution is -2.01. The van der Waals surface area contributed by atoms with Crippen molar-refractivity contribution in [1.29, 1.82) is 0 Å². The van der Waals surface area contributed by atoms with Gasteiger partial charge in [-0.2, -0.15) is 5.10 Å². The van der Waals surface area contributed by atoms with Gasteiger partial charge < -0.3 is 0 Å². The number of hydrogen-bond acceptors (Lipinski definition) is 2. The van der Waals surface area contributed by atoms with Gasteiger partial charge >= 0.3 is 0 Å². The third-order valence-corrected chi connectivity index (χ3v) is 3.74. The highest BCUT2D eigenvalue weighted by Gasteiger charge is 2.10. The molecule has 1 aromatic carbocycles. The minimum absolute atomic E-state index is 0.467. The van der Waals surface area contributed by atoms with Crippen molar-refractivity contribution in [2.45, 2.75) is 26.7 Å². The molecule has 0 saturated heterocycles. The standard InChI is InChI=1S/C18H19N3/c1-13(2)16-6-4-5-7-18(16)21-12-15(10-20-21)17-11-19-9-8-14(17)3/h4-13H,1-3H3. The summed E-state index contributed by atoms with van der Waals surface area (Å²) in [6, 6.07) is 10.4. The van der Waals surface area contributed by atoms with Gasteiger partial charge in [0.05, 0.1) is 11.9 Å². The highest BCUT2D eigenvalue weighted by molar-refractivity contribution is 5.65. The zero-order valence-electron chi connectivity index (χ0n) is 12.6. The molecule has 0 aliphatic rings. The van der Waals surface area contributed by atoms with Gasteiger partial charge in [-0.3, -0.25) is 4.98 Å². The van der Waals surface area contributed by atoms with Gasteiger partial charge in [-0.25, -0.2) is 4.68 Å². The van der Waals surface area contributed by atoms with Crippen molar-refractivity contribution in [3.8, 4) is 16.8 Å². The van der Waals surface area contributed by atoms with Gasteiger partial charge in [-0.05, 0) is 36.1 Å². The molecule has 21 heavy (non-hydrogen) atoms. The van der Waals surface area contributed by atoms with E-state index in [0.29, 0.717) is 5.92 Å². The van der Waals surface area contributed by atoms with E-state index in [1.807, 2.05) is 29.3 Å². The smallest absolute Gasteiger partial charge is 0.0680 e. The van der Waals surface area contributed by atoms with Gasteiger partial charge in [0.15, 0.2) is 0 Å². The number of aromatic nitrogens is 3. The summed E-state index contributed by atoms with van der Waals surface area (Å²) in [7, 11) is 0. The van der Waals surface area contributed by atoms with Crippen LogP contribution in [0.3, 0.4) is 0 Å². The topological polar surface area (TPSA) is 30.7 Å². The Morgan fingerprint density at radius 1 is 1.05 bits per heavy atom. The summed E-state index contributed by atoms with van der Waals surface area (Å²) < 4.78 is 1.96. The number of para-hydroxylation sites is 1. The summed E-state index contributed by atoms with van der Waals surface area (Å²) in [5.41, 5.74) is 5.88. The van der Waals surface area contributed by atoms with Crippen LogP contribution in [0.25, 0.3) is 16.8 Å². The third-order valence-electron chi connectivity index (χ3n) is 3.74. The van der Waals surface area contributed by atoms with Crippen LogP contribution in [0.1, 0.15) is 30.9 Å². The molecular weight excluding hydrogens is 258 g/mol. The molecule has 3 rings (SSSR count). The fraction of sp³-hybridized carbons (Fsp3) is 0.222. The summed E-state index contributed by atoms with van der Waals surface area (Å²) in [5.74, 6) is 0.467. The molecule has 0 radical (unpaired) electrons. The second-order valence-corrected chi connectivity index (χ2v) is 5.58. The molecule has 2 heterocycles. The molecule has 2 aromatic heterocycles. The van der Waals surface area contributed by atoms with Crippen molar-refractivity contribution in [2.75, 3.05) is 0 Å². The Bertz CT molecular complexity index is 756. The van der Waals surface area contributed by atoms with Crippen LogP contribution in [0.15, 0.2) is 55.1 Å². The van der Waals surface area contributed by atoms with Crippen LogP contribution in [-0.4, -0.2) is 14.8 Å². The molecule has 3 aromatic rings. The molecule has 106 valence electrons. The summed E-state index contributed by atoms with van der Waals surface area (Å²) in [4.78, 5) is 4.21. The van der Waals surface area contributed by atoms with Crippen molar-refractivity contribution in [3.05, 3.63) is 66.2 Å². The Morgan fingerprint density at radius 2 is 1.86 bits per heavy atom. The van der Waals surface area contributed by atoms with Gasteiger partial charge in [-0.1, -0.05) is 32.0 Å². The first-order chi connectivity index (χ1) is 10.2. The van der Waals surface area contributed by atoms with Crippen LogP contribution >= 0.6 is 0 Å². The van der Waals surface area contributed by atoms with E-state index >= 15 is 0 Å². The van der Waals surface area contributed by atoms with E-state index in [1.54, 1.807) is 0 Å². The minimum Gasteiger partial charge on any atom is -0.264 e. The highest BCUT2D eigenvalue weighted by atomic mass is 15.3. The maximum absolute atomic E-state index is 4.54. The normalized spacial score (nSPS) is 11.0. The van der Waals surface area contributed by atoms with E-state index < -0.39 is 0 Å². The summed E-state index contributed by atoms with van der Waals surface area (Å²) in [6.07, 6.45) is 7.69. The number of aryl methyl sites for hydroxylation is 1. The van der Waals surface area contributed by atoms with E-state index in [2.05, 4.69) is 61.3 Å². The van der Waals surface area contributed by atoms with Gasteiger partial charge in [0.25, 0.3) is 0 Å². The lowest BCUT2D eigenvalue weighted by Gasteiger charge is -2.12. The lowest BCUT2D eigenvalue weighted by atomic mass is 10.0. The van der Waals surface area contributed by atoms with Gasteiger partial charge in [-0.15, -0.1) is 0 Å². The van der Waals surface area contributed by atoms with E-state index in [1.165, 1.54) is 11.1 Å². The second kappa shape index (κ2) is 5.52. The largest absolute Gasteiger partial charge is 0.264 e. The average Bonchev–Trinajstić information content (AvgIpc) is 2.97. The molecule has 0 saturated carbocycles. The Labute approximate surface area is 125 Å². The number of benzene rings is 1. The Morgan fingerprint density at radius 3 is 2.62 bits per heavy atom. The fourth-order valence-electron chi connectivity index (χ4n) is 2.54.